The third-order valence-electron chi connectivity index (χ3n) is 2.34. The van der Waals surface area contributed by atoms with Gasteiger partial charge in [0.2, 0.25) is 5.60 Å². The Hall–Kier alpha value is -1.92. The van der Waals surface area contributed by atoms with Crippen molar-refractivity contribution in [2.24, 2.45) is 5.92 Å². The second-order valence-electron chi connectivity index (χ2n) is 3.82. The molecule has 0 rings (SSSR count). The van der Waals surface area contributed by atoms with Gasteiger partial charge in [0.05, 0.1) is 0 Å². The molecule has 2 atom stereocenters. The van der Waals surface area contributed by atoms with Gasteiger partial charge in [-0.25, -0.2) is 4.79 Å². The Morgan fingerprint density at radius 3 is 2.00 bits per heavy atom. The Labute approximate surface area is 97.4 Å². The van der Waals surface area contributed by atoms with Crippen molar-refractivity contribution in [3.05, 3.63) is 0 Å². The van der Waals surface area contributed by atoms with Gasteiger partial charge in [0.25, 0.3) is 0 Å². The van der Waals surface area contributed by atoms with Crippen LogP contribution in [0, 0.1) is 5.92 Å². The monoisotopic (exact) mass is 246 g/mol. The molecule has 0 aromatic carbocycles. The molecule has 0 spiro atoms. The molecule has 0 aromatic heterocycles. The van der Waals surface area contributed by atoms with E-state index < -0.39 is 41.6 Å². The number of ether oxygens (including phenoxy) is 1. The number of carbonyl (C=O) groups is 4. The standard InChI is InChI=1S/C10H14O7/c1-5(11)4-7(12)17-10(3,9(15)16)6(2)8(13)14/h6H,4H2,1-3H3,(H,13,14)(H,15,16)/t6?,10-/m0/s1. The Balaban J connectivity index is 4.98. The topological polar surface area (TPSA) is 118 Å². The molecule has 0 aliphatic heterocycles. The second-order valence-corrected chi connectivity index (χ2v) is 3.82. The average molecular weight is 246 g/mol. The SMILES string of the molecule is CC(=O)CC(=O)O[C@](C)(C(=O)O)C(C)C(=O)O. The van der Waals surface area contributed by atoms with Crippen molar-refractivity contribution in [3.8, 4) is 0 Å². The maximum Gasteiger partial charge on any atom is 0.348 e. The average Bonchev–Trinajstić information content (AvgIpc) is 2.14. The van der Waals surface area contributed by atoms with Gasteiger partial charge in [0.1, 0.15) is 18.1 Å². The van der Waals surface area contributed by atoms with E-state index in [1.54, 1.807) is 0 Å². The van der Waals surface area contributed by atoms with Crippen molar-refractivity contribution in [1.82, 2.24) is 0 Å². The molecule has 0 fully saturated rings. The molecule has 2 N–H and O–H groups in total. The Morgan fingerprint density at radius 1 is 1.24 bits per heavy atom. The maximum absolute atomic E-state index is 11.2. The number of rotatable bonds is 6. The molecular formula is C10H14O7. The summed E-state index contributed by atoms with van der Waals surface area (Å²) in [6, 6.07) is 0. The summed E-state index contributed by atoms with van der Waals surface area (Å²) in [7, 11) is 0. The van der Waals surface area contributed by atoms with Crippen molar-refractivity contribution in [3.63, 3.8) is 0 Å². The normalized spacial score (nSPS) is 15.5. The number of ketones is 1. The number of carbonyl (C=O) groups excluding carboxylic acids is 2. The molecule has 0 aliphatic carbocycles. The minimum Gasteiger partial charge on any atom is -0.481 e. The number of hydrogen-bond acceptors (Lipinski definition) is 5. The van der Waals surface area contributed by atoms with Crippen LogP contribution in [0.5, 0.6) is 0 Å². The molecule has 7 nitrogen and oxygen atoms in total. The first-order chi connectivity index (χ1) is 7.61. The highest BCUT2D eigenvalue weighted by molar-refractivity contribution is 5.96. The summed E-state index contributed by atoms with van der Waals surface area (Å²) in [5, 5.41) is 17.6. The first-order valence-corrected chi connectivity index (χ1v) is 4.78. The summed E-state index contributed by atoms with van der Waals surface area (Å²) < 4.78 is 4.59. The Kier molecular flexibility index (Phi) is 4.81. The molecule has 7 heteroatoms. The van der Waals surface area contributed by atoms with Crippen molar-refractivity contribution in [1.29, 1.82) is 0 Å². The maximum atomic E-state index is 11.2. The van der Waals surface area contributed by atoms with Crippen molar-refractivity contribution in [2.75, 3.05) is 0 Å². The number of carboxylic acids is 2. The fraction of sp³-hybridized carbons (Fsp3) is 0.600. The first-order valence-electron chi connectivity index (χ1n) is 4.78. The Morgan fingerprint density at radius 2 is 1.71 bits per heavy atom. The fourth-order valence-corrected chi connectivity index (χ4v) is 1.03. The largest absolute Gasteiger partial charge is 0.481 e. The highest BCUT2D eigenvalue weighted by atomic mass is 16.6. The van der Waals surface area contributed by atoms with E-state index in [4.69, 9.17) is 10.2 Å². The van der Waals surface area contributed by atoms with E-state index in [0.717, 1.165) is 20.8 Å². The zero-order valence-electron chi connectivity index (χ0n) is 9.72. The van der Waals surface area contributed by atoms with Crippen LogP contribution in [0.25, 0.3) is 0 Å². The number of aliphatic carboxylic acids is 2. The van der Waals surface area contributed by atoms with E-state index in [0.29, 0.717) is 0 Å². The van der Waals surface area contributed by atoms with Crippen molar-refractivity contribution >= 4 is 23.7 Å². The zero-order chi connectivity index (χ0) is 13.8. The van der Waals surface area contributed by atoms with E-state index in [1.165, 1.54) is 0 Å². The highest BCUT2D eigenvalue weighted by Crippen LogP contribution is 2.23. The molecule has 0 amide bonds. The smallest absolute Gasteiger partial charge is 0.348 e. The lowest BCUT2D eigenvalue weighted by Gasteiger charge is -2.28. The molecular weight excluding hydrogens is 232 g/mol. The van der Waals surface area contributed by atoms with Crippen molar-refractivity contribution in [2.45, 2.75) is 32.8 Å². The summed E-state index contributed by atoms with van der Waals surface area (Å²) >= 11 is 0. The van der Waals surface area contributed by atoms with E-state index in [1.807, 2.05) is 0 Å². The lowest BCUT2D eigenvalue weighted by molar-refractivity contribution is -0.187. The summed E-state index contributed by atoms with van der Waals surface area (Å²) in [5.41, 5.74) is -2.20. The molecule has 0 saturated heterocycles. The molecule has 1 unspecified atom stereocenters. The summed E-state index contributed by atoms with van der Waals surface area (Å²) in [6.45, 7) is 3.23. The van der Waals surface area contributed by atoms with Gasteiger partial charge >= 0.3 is 17.9 Å². The van der Waals surface area contributed by atoms with Crippen LogP contribution < -0.4 is 0 Å². The molecule has 17 heavy (non-hydrogen) atoms. The molecule has 0 radical (unpaired) electrons. The lowest BCUT2D eigenvalue weighted by atomic mass is 9.90. The number of carboxylic acid groups (broad SMARTS) is 2. The summed E-state index contributed by atoms with van der Waals surface area (Å²) in [4.78, 5) is 43.5. The van der Waals surface area contributed by atoms with Gasteiger partial charge in [-0.3, -0.25) is 14.4 Å². The number of Topliss-reactive ketones (excluding diaryl/α,β-unsaturated/α-hetero) is 1. The Bertz CT molecular complexity index is 360. The van der Waals surface area contributed by atoms with Gasteiger partial charge < -0.3 is 14.9 Å². The van der Waals surface area contributed by atoms with Crippen LogP contribution in [0.15, 0.2) is 0 Å². The number of esters is 1. The van der Waals surface area contributed by atoms with Gasteiger partial charge in [0, 0.05) is 0 Å². The molecule has 0 aliphatic rings. The third-order valence-corrected chi connectivity index (χ3v) is 2.34. The molecule has 0 saturated carbocycles. The van der Waals surface area contributed by atoms with Crippen LogP contribution in [-0.2, 0) is 23.9 Å². The molecule has 0 aromatic rings. The van der Waals surface area contributed by atoms with Gasteiger partial charge in [0.15, 0.2) is 0 Å². The van der Waals surface area contributed by atoms with Gasteiger partial charge in [-0.15, -0.1) is 0 Å². The van der Waals surface area contributed by atoms with Crippen LogP contribution in [0.2, 0.25) is 0 Å². The third kappa shape index (κ3) is 3.86. The van der Waals surface area contributed by atoms with Gasteiger partial charge in [-0.2, -0.15) is 0 Å². The fourth-order valence-electron chi connectivity index (χ4n) is 1.03. The second kappa shape index (κ2) is 5.42. The predicted molar refractivity (Wildman–Crippen MR) is 54.2 cm³/mol. The van der Waals surface area contributed by atoms with E-state index in [-0.39, 0.29) is 0 Å². The lowest BCUT2D eigenvalue weighted by Crippen LogP contribution is -2.49. The van der Waals surface area contributed by atoms with Crippen LogP contribution in [0.4, 0.5) is 0 Å². The molecule has 96 valence electrons. The number of hydrogen-bond donors (Lipinski definition) is 2. The highest BCUT2D eigenvalue weighted by Gasteiger charge is 2.46. The molecule has 0 bridgehead atoms. The zero-order valence-corrected chi connectivity index (χ0v) is 9.72. The van der Waals surface area contributed by atoms with Crippen LogP contribution >= 0.6 is 0 Å². The van der Waals surface area contributed by atoms with E-state index in [2.05, 4.69) is 4.74 Å². The predicted octanol–water partition coefficient (Wildman–Crippen LogP) is 0.0727. The van der Waals surface area contributed by atoms with E-state index >= 15 is 0 Å². The van der Waals surface area contributed by atoms with Gasteiger partial charge in [-0.1, -0.05) is 0 Å². The van der Waals surface area contributed by atoms with Crippen molar-refractivity contribution < 1.29 is 34.1 Å². The van der Waals surface area contributed by atoms with Crippen LogP contribution in [0.3, 0.4) is 0 Å². The van der Waals surface area contributed by atoms with E-state index in [9.17, 15) is 19.2 Å². The molecule has 0 heterocycles. The minimum absolute atomic E-state index is 0.495. The quantitative estimate of drug-likeness (QED) is 0.503. The van der Waals surface area contributed by atoms with Crippen LogP contribution in [0.1, 0.15) is 27.2 Å². The minimum atomic E-state index is -2.20. The summed E-state index contributed by atoms with van der Waals surface area (Å²) in [6.07, 6.45) is -0.588. The van der Waals surface area contributed by atoms with Gasteiger partial charge in [-0.05, 0) is 20.8 Å². The van der Waals surface area contributed by atoms with Crippen LogP contribution in [-0.4, -0.2) is 39.5 Å². The first kappa shape index (κ1) is 15.1. The summed E-state index contributed by atoms with van der Waals surface area (Å²) in [5.74, 6) is -5.98.